The number of rotatable bonds is 2. The molecule has 1 saturated heterocycles. The maximum absolute atomic E-state index is 12.1. The Balaban J connectivity index is 2.05. The number of para-hydroxylation sites is 1. The number of hydrogen-bond acceptors (Lipinski definition) is 7. The van der Waals surface area contributed by atoms with Crippen LogP contribution >= 0.6 is 0 Å². The SMILES string of the molecule is O=c1oc2ccccc2cc1[C@@H]1O[C@H](CO)[C@H](O)[C@H](O)[C@H]1O. The average Bonchev–Trinajstić information content (AvgIpc) is 2.53. The standard InChI is InChI=1S/C15H16O7/c16-6-10-11(17)12(18)13(19)14(21-10)8-5-7-3-1-2-4-9(7)22-15(8)20/h1-5,10-14,16-19H,6H2/t10-,11+,12+,13-,14+/m1/s1. The maximum atomic E-state index is 12.1. The molecule has 1 aromatic heterocycles. The van der Waals surface area contributed by atoms with Crippen LogP contribution in [0.4, 0.5) is 0 Å². The molecule has 1 aliphatic heterocycles. The van der Waals surface area contributed by atoms with E-state index in [1.165, 1.54) is 6.07 Å². The van der Waals surface area contributed by atoms with E-state index in [2.05, 4.69) is 0 Å². The number of aliphatic hydroxyl groups excluding tert-OH is 4. The van der Waals surface area contributed by atoms with Crippen molar-refractivity contribution in [1.29, 1.82) is 0 Å². The zero-order chi connectivity index (χ0) is 15.9. The number of benzene rings is 1. The van der Waals surface area contributed by atoms with Crippen LogP contribution in [0.25, 0.3) is 11.0 Å². The molecule has 1 aliphatic rings. The largest absolute Gasteiger partial charge is 0.422 e. The zero-order valence-corrected chi connectivity index (χ0v) is 11.5. The molecule has 0 amide bonds. The highest BCUT2D eigenvalue weighted by atomic mass is 16.5. The van der Waals surface area contributed by atoms with Crippen molar-refractivity contribution in [2.24, 2.45) is 0 Å². The fraction of sp³-hybridized carbons (Fsp3) is 0.400. The van der Waals surface area contributed by atoms with Gasteiger partial charge in [-0.1, -0.05) is 18.2 Å². The average molecular weight is 308 g/mol. The van der Waals surface area contributed by atoms with Crippen molar-refractivity contribution >= 4 is 11.0 Å². The van der Waals surface area contributed by atoms with Crippen LogP contribution in [0.3, 0.4) is 0 Å². The van der Waals surface area contributed by atoms with Gasteiger partial charge in [0.15, 0.2) is 0 Å². The summed E-state index contributed by atoms with van der Waals surface area (Å²) in [6.07, 6.45) is -6.79. The second-order valence-electron chi connectivity index (χ2n) is 5.28. The summed E-state index contributed by atoms with van der Waals surface area (Å²) in [6, 6.07) is 8.35. The van der Waals surface area contributed by atoms with Crippen LogP contribution in [0, 0.1) is 0 Å². The van der Waals surface area contributed by atoms with Gasteiger partial charge < -0.3 is 29.6 Å². The van der Waals surface area contributed by atoms with Crippen LogP contribution in [0.15, 0.2) is 39.5 Å². The lowest BCUT2D eigenvalue weighted by atomic mass is 9.91. The molecular formula is C15H16O7. The van der Waals surface area contributed by atoms with E-state index < -0.39 is 42.8 Å². The van der Waals surface area contributed by atoms with E-state index in [0.717, 1.165) is 0 Å². The lowest BCUT2D eigenvalue weighted by molar-refractivity contribution is -0.232. The lowest BCUT2D eigenvalue weighted by Gasteiger charge is -2.39. The van der Waals surface area contributed by atoms with E-state index in [-0.39, 0.29) is 5.56 Å². The third-order valence-electron chi connectivity index (χ3n) is 3.87. The summed E-state index contributed by atoms with van der Waals surface area (Å²) >= 11 is 0. The Hall–Kier alpha value is -1.77. The summed E-state index contributed by atoms with van der Waals surface area (Å²) < 4.78 is 10.5. The molecule has 118 valence electrons. The topological polar surface area (TPSA) is 120 Å². The Morgan fingerprint density at radius 3 is 2.50 bits per heavy atom. The molecule has 2 aromatic rings. The van der Waals surface area contributed by atoms with Crippen LogP contribution in [0.2, 0.25) is 0 Å². The molecule has 0 unspecified atom stereocenters. The molecule has 0 saturated carbocycles. The van der Waals surface area contributed by atoms with Crippen molar-refractivity contribution in [3.63, 3.8) is 0 Å². The first kappa shape index (κ1) is 15.1. The minimum atomic E-state index is -1.54. The highest BCUT2D eigenvalue weighted by Gasteiger charge is 2.45. The molecular weight excluding hydrogens is 292 g/mol. The predicted octanol–water partition coefficient (Wildman–Crippen LogP) is -0.692. The van der Waals surface area contributed by atoms with Gasteiger partial charge in [0, 0.05) is 5.39 Å². The van der Waals surface area contributed by atoms with Gasteiger partial charge in [0.2, 0.25) is 0 Å². The van der Waals surface area contributed by atoms with E-state index in [1.54, 1.807) is 24.3 Å². The van der Waals surface area contributed by atoms with Crippen LogP contribution in [0.1, 0.15) is 11.7 Å². The fourth-order valence-electron chi connectivity index (χ4n) is 2.63. The maximum Gasteiger partial charge on any atom is 0.342 e. The highest BCUT2D eigenvalue weighted by molar-refractivity contribution is 5.76. The molecule has 1 aromatic carbocycles. The predicted molar refractivity (Wildman–Crippen MR) is 75.2 cm³/mol. The summed E-state index contributed by atoms with van der Waals surface area (Å²) in [4.78, 5) is 12.1. The minimum absolute atomic E-state index is 0.0237. The molecule has 5 atom stereocenters. The summed E-state index contributed by atoms with van der Waals surface area (Å²) in [5.41, 5.74) is -0.292. The van der Waals surface area contributed by atoms with Gasteiger partial charge in [0.05, 0.1) is 12.2 Å². The normalized spacial score (nSPS) is 32.3. The van der Waals surface area contributed by atoms with Gasteiger partial charge in [-0.05, 0) is 12.1 Å². The van der Waals surface area contributed by atoms with E-state index in [4.69, 9.17) is 9.15 Å². The Kier molecular flexibility index (Phi) is 3.98. The molecule has 0 spiro atoms. The quantitative estimate of drug-likeness (QED) is 0.542. The Morgan fingerprint density at radius 1 is 1.05 bits per heavy atom. The molecule has 7 heteroatoms. The Morgan fingerprint density at radius 2 is 1.77 bits per heavy atom. The number of aliphatic hydroxyl groups is 4. The van der Waals surface area contributed by atoms with Crippen molar-refractivity contribution in [3.05, 3.63) is 46.3 Å². The lowest BCUT2D eigenvalue weighted by Crippen LogP contribution is -2.55. The number of ether oxygens (including phenoxy) is 1. The van der Waals surface area contributed by atoms with Gasteiger partial charge >= 0.3 is 5.63 Å². The van der Waals surface area contributed by atoms with Crippen molar-refractivity contribution in [1.82, 2.24) is 0 Å². The minimum Gasteiger partial charge on any atom is -0.422 e. The van der Waals surface area contributed by atoms with Crippen molar-refractivity contribution in [2.45, 2.75) is 30.5 Å². The van der Waals surface area contributed by atoms with Crippen molar-refractivity contribution in [3.8, 4) is 0 Å². The summed E-state index contributed by atoms with van der Waals surface area (Å²) in [6.45, 7) is -0.555. The van der Waals surface area contributed by atoms with Gasteiger partial charge in [-0.15, -0.1) is 0 Å². The number of fused-ring (bicyclic) bond motifs is 1. The first-order valence-electron chi connectivity index (χ1n) is 6.86. The molecule has 0 radical (unpaired) electrons. The third kappa shape index (κ3) is 2.43. The first-order valence-corrected chi connectivity index (χ1v) is 6.86. The van der Waals surface area contributed by atoms with E-state index in [0.29, 0.717) is 11.0 Å². The summed E-state index contributed by atoms with van der Waals surface area (Å²) in [5.74, 6) is 0. The van der Waals surface area contributed by atoms with Crippen LogP contribution < -0.4 is 5.63 Å². The monoisotopic (exact) mass is 308 g/mol. The van der Waals surface area contributed by atoms with Gasteiger partial charge in [-0.2, -0.15) is 0 Å². The van der Waals surface area contributed by atoms with E-state index >= 15 is 0 Å². The van der Waals surface area contributed by atoms with Gasteiger partial charge in [-0.3, -0.25) is 0 Å². The summed E-state index contributed by atoms with van der Waals surface area (Å²) in [5, 5.41) is 39.5. The van der Waals surface area contributed by atoms with E-state index in [9.17, 15) is 25.2 Å². The zero-order valence-electron chi connectivity index (χ0n) is 11.5. The molecule has 0 aliphatic carbocycles. The molecule has 7 nitrogen and oxygen atoms in total. The van der Waals surface area contributed by atoms with Gasteiger partial charge in [-0.25, -0.2) is 4.79 Å². The molecule has 0 bridgehead atoms. The highest BCUT2D eigenvalue weighted by Crippen LogP contribution is 2.31. The van der Waals surface area contributed by atoms with Crippen LogP contribution in [-0.4, -0.2) is 51.4 Å². The van der Waals surface area contributed by atoms with Crippen LogP contribution in [0.5, 0.6) is 0 Å². The van der Waals surface area contributed by atoms with E-state index in [1.807, 2.05) is 0 Å². The molecule has 1 fully saturated rings. The Labute approximate surface area is 125 Å². The second-order valence-corrected chi connectivity index (χ2v) is 5.28. The second kappa shape index (κ2) is 5.79. The molecule has 2 heterocycles. The first-order chi connectivity index (χ1) is 10.5. The van der Waals surface area contributed by atoms with Gasteiger partial charge in [0.1, 0.15) is 36.1 Å². The van der Waals surface area contributed by atoms with Gasteiger partial charge in [0.25, 0.3) is 0 Å². The van der Waals surface area contributed by atoms with Crippen molar-refractivity contribution < 1.29 is 29.6 Å². The Bertz CT molecular complexity index is 723. The smallest absolute Gasteiger partial charge is 0.342 e. The summed E-state index contributed by atoms with van der Waals surface area (Å²) in [7, 11) is 0. The third-order valence-corrected chi connectivity index (χ3v) is 3.87. The van der Waals surface area contributed by atoms with Crippen LogP contribution in [-0.2, 0) is 4.74 Å². The van der Waals surface area contributed by atoms with Crippen molar-refractivity contribution in [2.75, 3.05) is 6.61 Å². The molecule has 22 heavy (non-hydrogen) atoms. The number of hydrogen-bond donors (Lipinski definition) is 4. The fourth-order valence-corrected chi connectivity index (χ4v) is 2.63. The molecule has 3 rings (SSSR count). The molecule has 4 N–H and O–H groups in total.